The monoisotopic (exact) mass is 1050 g/mol. The maximum Gasteiger partial charge on any atom is 0.119 e. The molecule has 0 fully saturated rings. The maximum absolute atomic E-state index is 6.32. The number of fused-ring (bicyclic) bond motifs is 8. The number of nitrogens with zero attached hydrogens (tertiary/aromatic N) is 4. The van der Waals surface area contributed by atoms with Gasteiger partial charge in [-0.2, -0.15) is 0 Å². The summed E-state index contributed by atoms with van der Waals surface area (Å²) in [5.74, 6) is 2.94. The zero-order chi connectivity index (χ0) is 54.6. The van der Waals surface area contributed by atoms with Crippen molar-refractivity contribution < 1.29 is 9.47 Å². The number of benzene rings is 6. The Bertz CT molecular complexity index is 3470. The average Bonchev–Trinajstić information content (AvgIpc) is 4.37. The Morgan fingerprint density at radius 1 is 0.400 bits per heavy atom. The minimum absolute atomic E-state index is 0.570. The molecule has 0 saturated heterocycles. The predicted octanol–water partition coefficient (Wildman–Crippen LogP) is 20.1. The number of H-pyrrole nitrogens is 2. The van der Waals surface area contributed by atoms with Gasteiger partial charge in [-0.1, -0.05) is 127 Å². The van der Waals surface area contributed by atoms with E-state index in [9.17, 15) is 0 Å². The number of nitrogens with one attached hydrogen (secondary N) is 2. The Balaban J connectivity index is 0.912. The fourth-order valence-electron chi connectivity index (χ4n) is 10.9. The number of aromatic nitrogens is 4. The average molecular weight is 1050 g/mol. The molecule has 0 aliphatic carbocycles. The second kappa shape index (κ2) is 25.3. The second-order valence-electron chi connectivity index (χ2n) is 21.1. The molecule has 2 N–H and O–H groups in total. The molecule has 80 heavy (non-hydrogen) atoms. The molecule has 8 nitrogen and oxygen atoms in total. The highest BCUT2D eigenvalue weighted by molar-refractivity contribution is 5.94. The van der Waals surface area contributed by atoms with Gasteiger partial charge in [0.2, 0.25) is 0 Å². The lowest BCUT2D eigenvalue weighted by Gasteiger charge is -2.26. The van der Waals surface area contributed by atoms with Crippen molar-refractivity contribution in [1.29, 1.82) is 0 Å². The van der Waals surface area contributed by atoms with Gasteiger partial charge in [-0.25, -0.2) is 9.97 Å². The summed E-state index contributed by atoms with van der Waals surface area (Å²) < 4.78 is 12.6. The minimum Gasteiger partial charge on any atom is -0.493 e. The first-order chi connectivity index (χ1) is 39.4. The van der Waals surface area contributed by atoms with Crippen molar-refractivity contribution in [2.45, 2.75) is 79.1 Å². The Morgan fingerprint density at radius 3 is 1.12 bits per heavy atom. The molecule has 11 rings (SSSR count). The van der Waals surface area contributed by atoms with E-state index in [1.807, 2.05) is 0 Å². The number of rotatable bonds is 22. The first kappa shape index (κ1) is 53.1. The van der Waals surface area contributed by atoms with E-state index in [0.29, 0.717) is 11.8 Å². The summed E-state index contributed by atoms with van der Waals surface area (Å²) in [6, 6.07) is 68.5. The van der Waals surface area contributed by atoms with Crippen LogP contribution in [-0.4, -0.2) is 33.1 Å². The molecule has 2 unspecified atom stereocenters. The third kappa shape index (κ3) is 12.4. The summed E-state index contributed by atoms with van der Waals surface area (Å²) in [5.41, 5.74) is 17.8. The first-order valence-electron chi connectivity index (χ1n) is 28.9. The van der Waals surface area contributed by atoms with Crippen molar-refractivity contribution in [3.05, 3.63) is 217 Å². The first-order valence-corrected chi connectivity index (χ1v) is 28.9. The number of aromatic amines is 2. The van der Waals surface area contributed by atoms with Gasteiger partial charge >= 0.3 is 0 Å². The molecular formula is C72H72N6O2. The molecular weight excluding hydrogens is 981 g/mol. The van der Waals surface area contributed by atoms with Gasteiger partial charge in [-0.3, -0.25) is 0 Å². The zero-order valence-corrected chi connectivity index (χ0v) is 46.6. The fourth-order valence-corrected chi connectivity index (χ4v) is 10.9. The van der Waals surface area contributed by atoms with Crippen LogP contribution in [0, 0.1) is 11.8 Å². The van der Waals surface area contributed by atoms with Gasteiger partial charge in [0.15, 0.2) is 0 Å². The van der Waals surface area contributed by atoms with Gasteiger partial charge in [0, 0.05) is 67.3 Å². The fraction of sp³-hybridized carbons (Fsp3) is 0.222. The van der Waals surface area contributed by atoms with Crippen LogP contribution in [0.4, 0.5) is 34.1 Å². The van der Waals surface area contributed by atoms with E-state index in [1.165, 1.54) is 38.5 Å². The van der Waals surface area contributed by atoms with Gasteiger partial charge in [-0.05, 0) is 194 Å². The minimum atomic E-state index is 0.570. The molecule has 0 radical (unpaired) electrons. The predicted molar refractivity (Wildman–Crippen MR) is 337 cm³/mol. The summed E-state index contributed by atoms with van der Waals surface area (Å²) >= 11 is 0. The van der Waals surface area contributed by atoms with Crippen molar-refractivity contribution in [3.63, 3.8) is 0 Å². The van der Waals surface area contributed by atoms with Gasteiger partial charge in [0.1, 0.15) is 11.5 Å². The summed E-state index contributed by atoms with van der Waals surface area (Å²) in [6.45, 7) is 10.5. The molecule has 6 aromatic carbocycles. The van der Waals surface area contributed by atoms with Gasteiger partial charge in [0.25, 0.3) is 0 Å². The van der Waals surface area contributed by atoms with E-state index < -0.39 is 0 Å². The van der Waals surface area contributed by atoms with Crippen molar-refractivity contribution in [2.24, 2.45) is 11.8 Å². The number of para-hydroxylation sites is 2. The van der Waals surface area contributed by atoms with Crippen LogP contribution in [0.25, 0.3) is 68.6 Å². The highest BCUT2D eigenvalue weighted by Gasteiger charge is 2.19. The van der Waals surface area contributed by atoms with Crippen molar-refractivity contribution >= 4 is 80.5 Å². The number of hydrogen-bond acceptors (Lipinski definition) is 6. The number of unbranched alkanes of at least 4 members (excludes halogenated alkanes) is 2. The van der Waals surface area contributed by atoms with E-state index in [-0.39, 0.29) is 0 Å². The van der Waals surface area contributed by atoms with Crippen LogP contribution in [0.5, 0.6) is 11.5 Å². The van der Waals surface area contributed by atoms with E-state index in [0.717, 1.165) is 139 Å². The summed E-state index contributed by atoms with van der Waals surface area (Å²) in [5, 5.41) is 0. The molecule has 402 valence electrons. The third-order valence-electron chi connectivity index (χ3n) is 15.5. The van der Waals surface area contributed by atoms with Crippen LogP contribution in [0.15, 0.2) is 194 Å². The van der Waals surface area contributed by atoms with E-state index in [4.69, 9.17) is 19.4 Å². The standard InChI is InChI=1S/C72H72N6O2/c1-5-9-17-51(7-3)49-79-65-39-35-63(36-40-65)77(59-19-13-11-14-20-59)61-31-23-53(24-32-61)71-67-43-27-55(73-67)47-57-29-45-69(75-57)72(70-46-30-58(76-70)48-56-28-44-68(71)74-56)54-25-33-62(34-26-54)78(60-21-15-12-16-22-60)64-37-41-66(42-38-64)80-50-52(8-4)18-10-6-2/h11-16,19-48,51-52,73,76H,5-10,17-18,49-50H2,1-4H3. The van der Waals surface area contributed by atoms with Crippen LogP contribution in [0.3, 0.4) is 0 Å². The summed E-state index contributed by atoms with van der Waals surface area (Å²) in [6.07, 6.45) is 18.0. The SMILES string of the molecule is CCCCC(CC)COc1ccc(N(c2ccccc2)c2ccc(-c3c4nc(cc5ccc([nH]5)c(-c5ccc(N(c6ccccc6)c6ccc(OCC(CC)CCCC)cc6)cc5)c5nc(cc6ccc3[nH]6)C=C5)C=C4)cc2)cc1. The lowest BCUT2D eigenvalue weighted by molar-refractivity contribution is 0.233. The molecule has 8 heteroatoms. The van der Waals surface area contributed by atoms with Crippen LogP contribution in [0.1, 0.15) is 102 Å². The Labute approximate surface area is 472 Å². The van der Waals surface area contributed by atoms with E-state index in [1.54, 1.807) is 0 Å². The van der Waals surface area contributed by atoms with Crippen LogP contribution in [0.2, 0.25) is 0 Å². The van der Waals surface area contributed by atoms with Crippen molar-refractivity contribution in [2.75, 3.05) is 23.0 Å². The molecule has 2 aliphatic rings. The molecule has 2 aliphatic heterocycles. The maximum atomic E-state index is 6.32. The van der Waals surface area contributed by atoms with Gasteiger partial charge in [-0.15, -0.1) is 0 Å². The van der Waals surface area contributed by atoms with Gasteiger partial charge in [0.05, 0.1) is 36.0 Å². The number of hydrogen-bond donors (Lipinski definition) is 2. The third-order valence-corrected chi connectivity index (χ3v) is 15.5. The number of anilines is 6. The summed E-state index contributed by atoms with van der Waals surface area (Å²) in [7, 11) is 0. The normalized spacial score (nSPS) is 12.6. The molecule has 5 heterocycles. The zero-order valence-electron chi connectivity index (χ0n) is 46.6. The summed E-state index contributed by atoms with van der Waals surface area (Å²) in [4.78, 5) is 22.6. The van der Waals surface area contributed by atoms with E-state index in [2.05, 4.69) is 266 Å². The van der Waals surface area contributed by atoms with Crippen LogP contribution >= 0.6 is 0 Å². The van der Waals surface area contributed by atoms with Crippen molar-refractivity contribution in [3.8, 4) is 33.8 Å². The van der Waals surface area contributed by atoms with Crippen LogP contribution < -0.4 is 19.3 Å². The molecule has 9 aromatic rings. The number of ether oxygens (including phenoxy) is 2. The Morgan fingerprint density at radius 2 is 0.762 bits per heavy atom. The lowest BCUT2D eigenvalue weighted by atomic mass is 10.0. The smallest absolute Gasteiger partial charge is 0.119 e. The lowest BCUT2D eigenvalue weighted by Crippen LogP contribution is -2.12. The molecule has 2 atom stereocenters. The quantitative estimate of drug-likeness (QED) is 0.0704. The van der Waals surface area contributed by atoms with Crippen molar-refractivity contribution in [1.82, 2.24) is 19.9 Å². The molecule has 0 saturated carbocycles. The highest BCUT2D eigenvalue weighted by Crippen LogP contribution is 2.40. The largest absolute Gasteiger partial charge is 0.493 e. The molecule has 8 bridgehead atoms. The molecule has 0 amide bonds. The highest BCUT2D eigenvalue weighted by atomic mass is 16.5. The van der Waals surface area contributed by atoms with E-state index >= 15 is 0 Å². The Hall–Kier alpha value is -8.88. The van der Waals surface area contributed by atoms with Gasteiger partial charge < -0.3 is 29.2 Å². The molecule has 0 spiro atoms. The topological polar surface area (TPSA) is 82.3 Å². The second-order valence-corrected chi connectivity index (χ2v) is 21.1. The Kier molecular flexibility index (Phi) is 16.8. The molecule has 3 aromatic heterocycles. The van der Waals surface area contributed by atoms with Crippen LogP contribution in [-0.2, 0) is 0 Å².